The second-order valence-electron chi connectivity index (χ2n) is 6.02. The maximum absolute atomic E-state index is 12.6. The van der Waals surface area contributed by atoms with Gasteiger partial charge in [-0.1, -0.05) is 6.07 Å². The summed E-state index contributed by atoms with van der Waals surface area (Å²) in [5, 5.41) is 5.17. The van der Waals surface area contributed by atoms with Crippen molar-refractivity contribution in [3.05, 3.63) is 52.5 Å². The van der Waals surface area contributed by atoms with Crippen LogP contribution in [0, 0.1) is 0 Å². The molecule has 2 aromatic heterocycles. The summed E-state index contributed by atoms with van der Waals surface area (Å²) in [6, 6.07) is 9.89. The van der Waals surface area contributed by atoms with Crippen molar-refractivity contribution in [2.75, 3.05) is 32.8 Å². The Morgan fingerprint density at radius 3 is 3.04 bits per heavy atom. The molecule has 1 aromatic carbocycles. The van der Waals surface area contributed by atoms with Crippen LogP contribution >= 0.6 is 11.3 Å². The van der Waals surface area contributed by atoms with Gasteiger partial charge in [-0.15, -0.1) is 11.3 Å². The van der Waals surface area contributed by atoms with Crippen LogP contribution in [0.4, 0.5) is 0 Å². The summed E-state index contributed by atoms with van der Waals surface area (Å²) in [6.07, 6.45) is 1.64. The third-order valence-corrected chi connectivity index (χ3v) is 5.47. The number of imidazole rings is 1. The van der Waals surface area contributed by atoms with E-state index in [9.17, 15) is 4.79 Å². The van der Waals surface area contributed by atoms with Gasteiger partial charge >= 0.3 is 0 Å². The molecule has 2 N–H and O–H groups in total. The van der Waals surface area contributed by atoms with Crippen molar-refractivity contribution in [1.82, 2.24) is 20.2 Å². The molecule has 1 unspecified atom stereocenters. The second kappa shape index (κ2) is 7.35. The van der Waals surface area contributed by atoms with Crippen LogP contribution in [0.5, 0.6) is 0 Å². The first-order valence-electron chi connectivity index (χ1n) is 8.38. The molecular weight excluding hydrogens is 336 g/mol. The molecule has 1 atom stereocenters. The topological polar surface area (TPSA) is 70.2 Å². The molecule has 130 valence electrons. The molecule has 7 heteroatoms. The number of rotatable bonds is 5. The smallest absolute Gasteiger partial charge is 0.251 e. The fourth-order valence-electron chi connectivity index (χ4n) is 3.15. The van der Waals surface area contributed by atoms with Gasteiger partial charge in [0.25, 0.3) is 5.91 Å². The Morgan fingerprint density at radius 1 is 1.36 bits per heavy atom. The zero-order chi connectivity index (χ0) is 17.1. The van der Waals surface area contributed by atoms with E-state index >= 15 is 0 Å². The minimum atomic E-state index is -0.0636. The van der Waals surface area contributed by atoms with E-state index in [0.29, 0.717) is 12.1 Å². The Morgan fingerprint density at radius 2 is 2.24 bits per heavy atom. The average Bonchev–Trinajstić information content (AvgIpc) is 3.34. The van der Waals surface area contributed by atoms with Crippen LogP contribution in [0.2, 0.25) is 0 Å². The summed E-state index contributed by atoms with van der Waals surface area (Å²) in [6.45, 7) is 3.84. The number of amides is 1. The van der Waals surface area contributed by atoms with Gasteiger partial charge in [0, 0.05) is 30.1 Å². The summed E-state index contributed by atoms with van der Waals surface area (Å²) >= 11 is 1.73. The van der Waals surface area contributed by atoms with Gasteiger partial charge in [-0.2, -0.15) is 0 Å². The lowest BCUT2D eigenvalue weighted by Gasteiger charge is -2.34. The summed E-state index contributed by atoms with van der Waals surface area (Å²) in [4.78, 5) is 23.5. The number of thiophene rings is 1. The fraction of sp³-hybridized carbons (Fsp3) is 0.333. The number of carbonyl (C=O) groups excluding carboxylic acids is 1. The third-order valence-electron chi connectivity index (χ3n) is 4.50. The number of ether oxygens (including phenoxy) is 1. The van der Waals surface area contributed by atoms with Crippen molar-refractivity contribution in [3.63, 3.8) is 0 Å². The van der Waals surface area contributed by atoms with Crippen molar-refractivity contribution in [1.29, 1.82) is 0 Å². The fourth-order valence-corrected chi connectivity index (χ4v) is 4.01. The van der Waals surface area contributed by atoms with Crippen molar-refractivity contribution in [3.8, 4) is 0 Å². The average molecular weight is 356 g/mol. The van der Waals surface area contributed by atoms with Gasteiger partial charge in [0.05, 0.1) is 36.6 Å². The molecule has 1 amide bonds. The molecule has 1 saturated heterocycles. The van der Waals surface area contributed by atoms with Crippen LogP contribution in [-0.2, 0) is 4.74 Å². The number of morpholine rings is 1. The highest BCUT2D eigenvalue weighted by molar-refractivity contribution is 7.10. The van der Waals surface area contributed by atoms with E-state index in [-0.39, 0.29) is 11.9 Å². The number of H-pyrrole nitrogens is 1. The Bertz CT molecular complexity index is 840. The number of aromatic amines is 1. The second-order valence-corrected chi connectivity index (χ2v) is 7.00. The molecule has 0 aliphatic carbocycles. The monoisotopic (exact) mass is 356 g/mol. The largest absolute Gasteiger partial charge is 0.379 e. The quantitative estimate of drug-likeness (QED) is 0.737. The predicted molar refractivity (Wildman–Crippen MR) is 97.9 cm³/mol. The molecule has 25 heavy (non-hydrogen) atoms. The molecule has 0 radical (unpaired) electrons. The normalized spacial score (nSPS) is 16.8. The van der Waals surface area contributed by atoms with Gasteiger partial charge in [-0.25, -0.2) is 4.98 Å². The molecule has 3 aromatic rings. The van der Waals surface area contributed by atoms with Crippen LogP contribution < -0.4 is 5.32 Å². The number of hydrogen-bond acceptors (Lipinski definition) is 5. The van der Waals surface area contributed by atoms with Crippen LogP contribution in [0.25, 0.3) is 11.0 Å². The first-order chi connectivity index (χ1) is 12.3. The van der Waals surface area contributed by atoms with E-state index in [1.165, 1.54) is 4.88 Å². The minimum Gasteiger partial charge on any atom is -0.379 e. The maximum atomic E-state index is 12.6. The molecule has 4 rings (SSSR count). The lowest BCUT2D eigenvalue weighted by Crippen LogP contribution is -2.43. The van der Waals surface area contributed by atoms with Crippen LogP contribution in [-0.4, -0.2) is 53.6 Å². The van der Waals surface area contributed by atoms with Gasteiger partial charge in [-0.3, -0.25) is 9.69 Å². The van der Waals surface area contributed by atoms with Gasteiger partial charge in [0.1, 0.15) is 0 Å². The van der Waals surface area contributed by atoms with Gasteiger partial charge < -0.3 is 15.0 Å². The Hall–Kier alpha value is -2.22. The van der Waals surface area contributed by atoms with Crippen LogP contribution in [0.1, 0.15) is 21.3 Å². The lowest BCUT2D eigenvalue weighted by molar-refractivity contribution is 0.0169. The molecule has 3 heterocycles. The molecule has 0 bridgehead atoms. The number of benzene rings is 1. The molecule has 1 aliphatic rings. The van der Waals surface area contributed by atoms with Crippen molar-refractivity contribution >= 4 is 28.3 Å². The zero-order valence-corrected chi connectivity index (χ0v) is 14.6. The lowest BCUT2D eigenvalue weighted by atomic mass is 10.1. The molecule has 0 saturated carbocycles. The highest BCUT2D eigenvalue weighted by atomic mass is 32.1. The van der Waals surface area contributed by atoms with Gasteiger partial charge in [0.15, 0.2) is 0 Å². The molecule has 1 fully saturated rings. The van der Waals surface area contributed by atoms with Crippen molar-refractivity contribution < 1.29 is 9.53 Å². The van der Waals surface area contributed by atoms with Crippen LogP contribution in [0.3, 0.4) is 0 Å². The molecular formula is C18H20N4O2S. The zero-order valence-electron chi connectivity index (χ0n) is 13.8. The van der Waals surface area contributed by atoms with Crippen molar-refractivity contribution in [2.24, 2.45) is 0 Å². The van der Waals surface area contributed by atoms with E-state index in [0.717, 1.165) is 37.3 Å². The van der Waals surface area contributed by atoms with E-state index < -0.39 is 0 Å². The number of nitrogens with one attached hydrogen (secondary N) is 2. The number of nitrogens with zero attached hydrogens (tertiary/aromatic N) is 2. The van der Waals surface area contributed by atoms with E-state index in [1.54, 1.807) is 17.7 Å². The van der Waals surface area contributed by atoms with E-state index in [1.807, 2.05) is 18.2 Å². The Labute approximate surface area is 149 Å². The Kier molecular flexibility index (Phi) is 4.78. The predicted octanol–water partition coefficient (Wildman–Crippen LogP) is 2.43. The van der Waals surface area contributed by atoms with Crippen LogP contribution in [0.15, 0.2) is 42.0 Å². The van der Waals surface area contributed by atoms with E-state index in [4.69, 9.17) is 4.74 Å². The molecule has 0 spiro atoms. The number of carbonyl (C=O) groups is 1. The SMILES string of the molecule is O=C(NCC(c1cccs1)N1CCOCC1)c1ccc2nc[nH]c2c1. The highest BCUT2D eigenvalue weighted by Gasteiger charge is 2.24. The summed E-state index contributed by atoms with van der Waals surface area (Å²) < 4.78 is 5.46. The highest BCUT2D eigenvalue weighted by Crippen LogP contribution is 2.25. The minimum absolute atomic E-state index is 0.0636. The number of aromatic nitrogens is 2. The first kappa shape index (κ1) is 16.3. The summed E-state index contributed by atoms with van der Waals surface area (Å²) in [7, 11) is 0. The summed E-state index contributed by atoms with van der Waals surface area (Å²) in [5.41, 5.74) is 2.38. The van der Waals surface area contributed by atoms with Crippen molar-refractivity contribution in [2.45, 2.75) is 6.04 Å². The van der Waals surface area contributed by atoms with Gasteiger partial charge in [-0.05, 0) is 29.6 Å². The Balaban J connectivity index is 1.47. The summed E-state index contributed by atoms with van der Waals surface area (Å²) in [5.74, 6) is -0.0636. The van der Waals surface area contributed by atoms with Gasteiger partial charge in [0.2, 0.25) is 0 Å². The van der Waals surface area contributed by atoms with E-state index in [2.05, 4.69) is 37.7 Å². The maximum Gasteiger partial charge on any atom is 0.251 e. The first-order valence-corrected chi connectivity index (χ1v) is 9.26. The number of fused-ring (bicyclic) bond motifs is 1. The molecule has 1 aliphatic heterocycles. The molecule has 6 nitrogen and oxygen atoms in total. The third kappa shape index (κ3) is 3.58. The number of hydrogen-bond donors (Lipinski definition) is 2. The standard InChI is InChI=1S/C18H20N4O2S/c23-18(13-3-4-14-15(10-13)21-12-20-14)19-11-16(17-2-1-9-25-17)22-5-7-24-8-6-22/h1-4,9-10,12,16H,5-8,11H2,(H,19,23)(H,20,21).